The largest absolute Gasteiger partial charge is 0.447 e. The van der Waals surface area contributed by atoms with Crippen LogP contribution in [0, 0.1) is 11.3 Å². The van der Waals surface area contributed by atoms with Gasteiger partial charge in [0.25, 0.3) is 0 Å². The van der Waals surface area contributed by atoms with Crippen LogP contribution in [-0.4, -0.2) is 12.1 Å². The average Bonchev–Trinajstić information content (AvgIpc) is 2.49. The molecule has 0 heterocycles. The zero-order valence-electron chi connectivity index (χ0n) is 11.2. The second-order valence-corrected chi connectivity index (χ2v) is 4.46. The summed E-state index contributed by atoms with van der Waals surface area (Å²) in [5.41, 5.74) is 1.71. The van der Waals surface area contributed by atoms with Crippen LogP contribution in [-0.2, 0) is 9.53 Å². The van der Waals surface area contributed by atoms with Crippen molar-refractivity contribution in [1.29, 1.82) is 5.26 Å². The molecule has 0 aromatic heterocycles. The van der Waals surface area contributed by atoms with Gasteiger partial charge in [0.05, 0.1) is 0 Å². The van der Waals surface area contributed by atoms with Crippen molar-refractivity contribution < 1.29 is 9.53 Å². The van der Waals surface area contributed by atoms with Gasteiger partial charge in [-0.1, -0.05) is 60.7 Å². The van der Waals surface area contributed by atoms with Crippen molar-refractivity contribution in [3.05, 3.63) is 71.8 Å². The van der Waals surface area contributed by atoms with Gasteiger partial charge in [0.15, 0.2) is 6.10 Å². The summed E-state index contributed by atoms with van der Waals surface area (Å²) in [7, 11) is 0. The fourth-order valence-electron chi connectivity index (χ4n) is 2.02. The number of ether oxygens (including phenoxy) is 1. The second-order valence-electron chi connectivity index (χ2n) is 4.46. The molecular formula is C17H15NO2. The molecule has 0 saturated heterocycles. The highest BCUT2D eigenvalue weighted by Crippen LogP contribution is 2.26. The first kappa shape index (κ1) is 13.8. The summed E-state index contributed by atoms with van der Waals surface area (Å²) in [6, 6.07) is 20.8. The number of carbonyl (C=O) groups is 1. The van der Waals surface area contributed by atoms with Gasteiger partial charge in [0, 0.05) is 0 Å². The fraction of sp³-hybridized carbons (Fsp3) is 0.176. The highest BCUT2D eigenvalue weighted by atomic mass is 16.5. The lowest BCUT2D eigenvalue weighted by atomic mass is 9.91. The lowest BCUT2D eigenvalue weighted by Crippen LogP contribution is -2.21. The van der Waals surface area contributed by atoms with Gasteiger partial charge in [-0.2, -0.15) is 5.26 Å². The van der Waals surface area contributed by atoms with Crippen LogP contribution < -0.4 is 0 Å². The number of carbonyl (C=O) groups excluding carboxylic acids is 1. The molecule has 1 atom stereocenters. The number of hydrogen-bond acceptors (Lipinski definition) is 3. The van der Waals surface area contributed by atoms with Crippen molar-refractivity contribution in [1.82, 2.24) is 0 Å². The normalized spacial score (nSPS) is 11.7. The van der Waals surface area contributed by atoms with Crippen LogP contribution in [0.4, 0.5) is 0 Å². The van der Waals surface area contributed by atoms with Gasteiger partial charge >= 0.3 is 5.97 Å². The van der Waals surface area contributed by atoms with Crippen LogP contribution in [0.2, 0.25) is 0 Å². The topological polar surface area (TPSA) is 50.1 Å². The smallest absolute Gasteiger partial charge is 0.319 e. The summed E-state index contributed by atoms with van der Waals surface area (Å²) >= 11 is 0. The molecule has 100 valence electrons. The number of nitriles is 1. The number of benzene rings is 2. The maximum Gasteiger partial charge on any atom is 0.319 e. The monoisotopic (exact) mass is 265 g/mol. The third kappa shape index (κ3) is 3.24. The Labute approximate surface area is 118 Å². The molecule has 0 aliphatic heterocycles. The minimum Gasteiger partial charge on any atom is -0.447 e. The maximum absolute atomic E-state index is 12.3. The van der Waals surface area contributed by atoms with E-state index in [1.165, 1.54) is 0 Å². The first-order valence-corrected chi connectivity index (χ1v) is 6.42. The summed E-state index contributed by atoms with van der Waals surface area (Å²) in [5.74, 6) is -0.912. The molecular weight excluding hydrogens is 250 g/mol. The Hall–Kier alpha value is -2.60. The molecule has 0 N–H and O–H groups in total. The summed E-state index contributed by atoms with van der Waals surface area (Å²) in [5, 5.41) is 8.78. The lowest BCUT2D eigenvalue weighted by Gasteiger charge is -2.17. The van der Waals surface area contributed by atoms with E-state index in [1.807, 2.05) is 66.7 Å². The Kier molecular flexibility index (Phi) is 4.52. The molecule has 0 amide bonds. The van der Waals surface area contributed by atoms with Crippen LogP contribution in [0.1, 0.15) is 24.0 Å². The molecule has 2 aromatic carbocycles. The first-order chi connectivity index (χ1) is 9.72. The Balaban J connectivity index is 2.36. The Morgan fingerprint density at radius 3 is 1.85 bits per heavy atom. The SMILES string of the molecule is C[C@H](C#N)OC(=O)C(c1ccccc1)c1ccccc1. The summed E-state index contributed by atoms with van der Waals surface area (Å²) in [6.07, 6.45) is -0.752. The van der Waals surface area contributed by atoms with E-state index in [2.05, 4.69) is 0 Å². The van der Waals surface area contributed by atoms with Crippen LogP contribution in [0.5, 0.6) is 0 Å². The van der Waals surface area contributed by atoms with Crippen molar-refractivity contribution in [3.8, 4) is 6.07 Å². The van der Waals surface area contributed by atoms with E-state index in [0.29, 0.717) is 0 Å². The van der Waals surface area contributed by atoms with E-state index in [-0.39, 0.29) is 0 Å². The standard InChI is InChI=1S/C17H15NO2/c1-13(12-18)20-17(19)16(14-8-4-2-5-9-14)15-10-6-3-7-11-15/h2-11,13,16H,1H3/t13-/m1/s1. The van der Waals surface area contributed by atoms with Crippen LogP contribution in [0.15, 0.2) is 60.7 Å². The zero-order chi connectivity index (χ0) is 14.4. The molecule has 3 heteroatoms. The van der Waals surface area contributed by atoms with E-state index >= 15 is 0 Å². The average molecular weight is 265 g/mol. The van der Waals surface area contributed by atoms with Crippen LogP contribution in [0.25, 0.3) is 0 Å². The molecule has 0 fully saturated rings. The third-order valence-corrected chi connectivity index (χ3v) is 2.98. The third-order valence-electron chi connectivity index (χ3n) is 2.98. The number of rotatable bonds is 4. The maximum atomic E-state index is 12.3. The minimum atomic E-state index is -0.752. The van der Waals surface area contributed by atoms with Gasteiger partial charge in [-0.05, 0) is 18.1 Å². The van der Waals surface area contributed by atoms with Gasteiger partial charge in [-0.25, -0.2) is 0 Å². The highest BCUT2D eigenvalue weighted by Gasteiger charge is 2.25. The molecule has 0 aliphatic carbocycles. The summed E-state index contributed by atoms with van der Waals surface area (Å²) < 4.78 is 5.17. The summed E-state index contributed by atoms with van der Waals surface area (Å²) in [4.78, 5) is 12.3. The van der Waals surface area contributed by atoms with Crippen molar-refractivity contribution in [2.45, 2.75) is 18.9 Å². The van der Waals surface area contributed by atoms with E-state index < -0.39 is 18.0 Å². The van der Waals surface area contributed by atoms with Crippen molar-refractivity contribution in [2.24, 2.45) is 0 Å². The predicted molar refractivity (Wildman–Crippen MR) is 75.9 cm³/mol. The first-order valence-electron chi connectivity index (χ1n) is 6.42. The molecule has 2 rings (SSSR count). The van der Waals surface area contributed by atoms with E-state index in [0.717, 1.165) is 11.1 Å². The van der Waals surface area contributed by atoms with Crippen molar-refractivity contribution in [3.63, 3.8) is 0 Å². The van der Waals surface area contributed by atoms with Gasteiger partial charge < -0.3 is 4.74 Å². The quantitative estimate of drug-likeness (QED) is 0.797. The second kappa shape index (κ2) is 6.53. The molecule has 0 aliphatic rings. The number of nitrogens with zero attached hydrogens (tertiary/aromatic N) is 1. The highest BCUT2D eigenvalue weighted by molar-refractivity contribution is 5.82. The summed E-state index contributed by atoms with van der Waals surface area (Å²) in [6.45, 7) is 1.56. The van der Waals surface area contributed by atoms with Crippen molar-refractivity contribution in [2.75, 3.05) is 0 Å². The van der Waals surface area contributed by atoms with Gasteiger partial charge in [0.2, 0.25) is 0 Å². The molecule has 0 bridgehead atoms. The molecule has 0 saturated carbocycles. The van der Waals surface area contributed by atoms with E-state index in [1.54, 1.807) is 6.92 Å². The molecule has 0 spiro atoms. The van der Waals surface area contributed by atoms with Gasteiger partial charge in [0.1, 0.15) is 12.0 Å². The van der Waals surface area contributed by atoms with E-state index in [4.69, 9.17) is 10.00 Å². The zero-order valence-corrected chi connectivity index (χ0v) is 11.2. The Morgan fingerprint density at radius 1 is 1.00 bits per heavy atom. The minimum absolute atomic E-state index is 0.406. The van der Waals surface area contributed by atoms with Crippen molar-refractivity contribution >= 4 is 5.97 Å². The molecule has 3 nitrogen and oxygen atoms in total. The van der Waals surface area contributed by atoms with Gasteiger partial charge in [-0.15, -0.1) is 0 Å². The Bertz CT molecular complexity index is 562. The molecule has 0 radical (unpaired) electrons. The number of hydrogen-bond donors (Lipinski definition) is 0. The van der Waals surface area contributed by atoms with E-state index in [9.17, 15) is 4.79 Å². The van der Waals surface area contributed by atoms with Gasteiger partial charge in [-0.3, -0.25) is 4.79 Å². The predicted octanol–water partition coefficient (Wildman–Crippen LogP) is 3.27. The Morgan fingerprint density at radius 2 is 1.45 bits per heavy atom. The molecule has 0 unspecified atom stereocenters. The molecule has 20 heavy (non-hydrogen) atoms. The fourth-order valence-corrected chi connectivity index (χ4v) is 2.02. The lowest BCUT2D eigenvalue weighted by molar-refractivity contribution is -0.146. The number of esters is 1. The van der Waals surface area contributed by atoms with Crippen LogP contribution >= 0.6 is 0 Å². The molecule has 2 aromatic rings. The van der Waals surface area contributed by atoms with Crippen LogP contribution in [0.3, 0.4) is 0 Å².